The van der Waals surface area contributed by atoms with Crippen LogP contribution in [0.25, 0.3) is 0 Å². The lowest BCUT2D eigenvalue weighted by Crippen LogP contribution is -2.60. The van der Waals surface area contributed by atoms with Crippen molar-refractivity contribution in [1.82, 2.24) is 47.4 Å². The summed E-state index contributed by atoms with van der Waals surface area (Å²) in [4.78, 5) is 127. The Labute approximate surface area is 446 Å². The number of halogens is 1. The van der Waals surface area contributed by atoms with E-state index in [1.54, 1.807) is 31.3 Å². The highest BCUT2D eigenvalue weighted by molar-refractivity contribution is 6.30. The second kappa shape index (κ2) is 32.2. The molecule has 2 fully saturated rings. The van der Waals surface area contributed by atoms with Gasteiger partial charge in [-0.25, -0.2) is 4.79 Å². The van der Waals surface area contributed by atoms with Crippen LogP contribution in [-0.2, 0) is 43.2 Å². The molecule has 1 heterocycles. The second-order valence-electron chi connectivity index (χ2n) is 18.8. The Morgan fingerprint density at radius 2 is 1.53 bits per heavy atom. The molecule has 0 radical (unpaired) electrons. The highest BCUT2D eigenvalue weighted by Crippen LogP contribution is 2.52. The Hall–Kier alpha value is -6.49. The van der Waals surface area contributed by atoms with Crippen molar-refractivity contribution in [2.45, 2.75) is 138 Å². The predicted molar refractivity (Wildman–Crippen MR) is 282 cm³/mol. The number of aliphatic carboxylic acids is 1. The Balaban J connectivity index is 1.76. The maximum Gasteiger partial charge on any atom is 0.352 e. The number of carbonyl (C=O) groups is 9. The standard InChI is InChI=1S/C48H79ClN16O11/c1-27(59-43(72)38(36(66)25-52)63-40(69)31(53)10-4-6-21-56-2)39(68)58-26-37(67)60-33(12-7-20-51)44(73)65-23-9-14-35(65)42(71)64-48(24-30(48)28-15-17-29(49)18-16-28)46(76)62-32(11-3-5-19-50)41(70)61-34(45(74)75)13-8-22-57-47(54)55/h13,15-18,27,30-33,35-36,38,56,66H,3-12,14,19-26,50-53H2,1-2H3,(H,58,68)(H,59,72)(H,60,67)(H,61,70)(H,62,76)(H,63,69)(H,64,71)(H,74,75)(H4,54,55,57)/b34-13-/t27-,30-,31-,32-,33+,35-,36-,38-,48?/m0/s1. The maximum absolute atomic E-state index is 14.6. The van der Waals surface area contributed by atoms with Crippen LogP contribution in [0.5, 0.6) is 0 Å². The number of hydrogen-bond acceptors (Lipinski definition) is 16. The number of nitrogens with one attached hydrogen (secondary N) is 8. The Morgan fingerprint density at radius 1 is 0.855 bits per heavy atom. The molecule has 28 heteroatoms. The van der Waals surface area contributed by atoms with Gasteiger partial charge in [-0.1, -0.05) is 36.2 Å². The molecule has 27 nitrogen and oxygen atoms in total. The van der Waals surface area contributed by atoms with Crippen LogP contribution in [0.15, 0.2) is 41.0 Å². The van der Waals surface area contributed by atoms with E-state index in [2.05, 4.69) is 47.5 Å². The number of nitrogens with two attached hydrogens (primary N) is 6. The summed E-state index contributed by atoms with van der Waals surface area (Å²) in [7, 11) is 1.79. The number of amides is 8. The number of rotatable bonds is 34. The van der Waals surface area contributed by atoms with Crippen LogP contribution >= 0.6 is 11.6 Å². The third-order valence-electron chi connectivity index (χ3n) is 12.9. The van der Waals surface area contributed by atoms with E-state index in [0.717, 1.165) is 13.0 Å². The summed E-state index contributed by atoms with van der Waals surface area (Å²) in [6.07, 6.45) is 3.33. The van der Waals surface area contributed by atoms with Gasteiger partial charge in [0.2, 0.25) is 47.3 Å². The van der Waals surface area contributed by atoms with Gasteiger partial charge < -0.3 is 92.0 Å². The summed E-state index contributed by atoms with van der Waals surface area (Å²) < 4.78 is 0. The van der Waals surface area contributed by atoms with E-state index in [4.69, 9.17) is 46.0 Å². The van der Waals surface area contributed by atoms with Crippen LogP contribution in [0.1, 0.15) is 95.5 Å². The molecule has 0 bridgehead atoms. The van der Waals surface area contributed by atoms with E-state index in [1.165, 1.54) is 17.9 Å². The van der Waals surface area contributed by atoms with Crippen LogP contribution in [0.3, 0.4) is 0 Å². The molecule has 22 N–H and O–H groups in total. The number of unbranched alkanes of at least 4 members (excludes halogenated alkanes) is 2. The second-order valence-corrected chi connectivity index (χ2v) is 19.2. The normalized spacial score (nSPS) is 19.3. The Morgan fingerprint density at radius 3 is 2.16 bits per heavy atom. The number of likely N-dealkylation sites (tertiary alicyclic amines) is 1. The molecule has 1 aliphatic carbocycles. The molecule has 1 saturated carbocycles. The maximum atomic E-state index is 14.6. The SMILES string of the molecule is CNCCCC[C@H](N)C(=O)N[C@H](C(=O)N[C@@H](C)C(=O)NCC(=O)N[C@H](CCCN)C(=O)N1CCC[C@H]1C(=O)NC1(C(=O)N[C@@H](CCCCN)C(=O)N/C(=C\CCN=C(N)N)C(=O)O)C[C@H]1c1ccc(Cl)cc1)[C@@H](O)CN. The van der Waals surface area contributed by atoms with Crippen LogP contribution in [-0.4, -0.2) is 175 Å². The molecule has 424 valence electrons. The molecule has 1 aromatic rings. The van der Waals surface area contributed by atoms with Gasteiger partial charge in [0.15, 0.2) is 5.96 Å². The van der Waals surface area contributed by atoms with E-state index >= 15 is 0 Å². The number of aliphatic imine (C=N–C) groups is 1. The number of nitrogens with zero attached hydrogens (tertiary/aromatic N) is 2. The molecule has 0 spiro atoms. The number of aliphatic hydroxyl groups is 1. The first-order valence-electron chi connectivity index (χ1n) is 25.5. The summed E-state index contributed by atoms with van der Waals surface area (Å²) >= 11 is 6.18. The molecule has 1 saturated heterocycles. The van der Waals surface area contributed by atoms with Crippen LogP contribution in [0, 0.1) is 0 Å². The van der Waals surface area contributed by atoms with Gasteiger partial charge in [0.1, 0.15) is 41.4 Å². The first-order chi connectivity index (χ1) is 36.1. The number of guanidine groups is 1. The van der Waals surface area contributed by atoms with Gasteiger partial charge in [0.25, 0.3) is 0 Å². The average molecular weight is 1090 g/mol. The third kappa shape index (κ3) is 19.9. The first-order valence-corrected chi connectivity index (χ1v) is 25.9. The average Bonchev–Trinajstić information content (AvgIpc) is 3.89. The Kier molecular flexibility index (Phi) is 27.0. The Bertz CT molecular complexity index is 2220. The zero-order valence-corrected chi connectivity index (χ0v) is 44.0. The lowest BCUT2D eigenvalue weighted by Gasteiger charge is -2.30. The summed E-state index contributed by atoms with van der Waals surface area (Å²) in [5.74, 6) is -8.43. The first kappa shape index (κ1) is 63.8. The van der Waals surface area contributed by atoms with E-state index in [-0.39, 0.29) is 70.7 Å². The smallest absolute Gasteiger partial charge is 0.352 e. The molecule has 1 aromatic carbocycles. The minimum absolute atomic E-state index is 0.0427. The zero-order valence-electron chi connectivity index (χ0n) is 43.2. The van der Waals surface area contributed by atoms with E-state index in [0.29, 0.717) is 42.7 Å². The largest absolute Gasteiger partial charge is 0.477 e. The van der Waals surface area contributed by atoms with Crippen molar-refractivity contribution >= 4 is 70.8 Å². The highest BCUT2D eigenvalue weighted by atomic mass is 35.5. The number of carboxylic acids is 1. The van der Waals surface area contributed by atoms with Gasteiger partial charge in [-0.3, -0.25) is 43.3 Å². The van der Waals surface area contributed by atoms with Gasteiger partial charge in [-0.05, 0) is 122 Å². The lowest BCUT2D eigenvalue weighted by molar-refractivity contribution is -0.142. The van der Waals surface area contributed by atoms with Crippen LogP contribution in [0.4, 0.5) is 0 Å². The predicted octanol–water partition coefficient (Wildman–Crippen LogP) is -4.60. The topological polar surface area (TPSA) is 462 Å². The van der Waals surface area contributed by atoms with E-state index < -0.39 is 126 Å². The third-order valence-corrected chi connectivity index (χ3v) is 13.1. The van der Waals surface area contributed by atoms with Gasteiger partial charge >= 0.3 is 5.97 Å². The van der Waals surface area contributed by atoms with Crippen molar-refractivity contribution < 1.29 is 53.4 Å². The molecule has 1 aliphatic heterocycles. The van der Waals surface area contributed by atoms with Crippen molar-refractivity contribution in [1.29, 1.82) is 0 Å². The monoisotopic (exact) mass is 1090 g/mol. The number of carbonyl (C=O) groups excluding carboxylic acids is 8. The fourth-order valence-corrected chi connectivity index (χ4v) is 8.65. The molecule has 1 unspecified atom stereocenters. The molecule has 8 amide bonds. The van der Waals surface area contributed by atoms with Crippen LogP contribution < -0.4 is 76.9 Å². The van der Waals surface area contributed by atoms with Crippen molar-refractivity contribution in [3.8, 4) is 0 Å². The van der Waals surface area contributed by atoms with Crippen molar-refractivity contribution in [3.05, 3.63) is 46.6 Å². The zero-order chi connectivity index (χ0) is 56.5. The van der Waals surface area contributed by atoms with Crippen LogP contribution in [0.2, 0.25) is 5.02 Å². The minimum Gasteiger partial charge on any atom is -0.477 e. The number of aliphatic hydroxyl groups excluding tert-OH is 1. The lowest BCUT2D eigenvalue weighted by atomic mass is 10.0. The van der Waals surface area contributed by atoms with Gasteiger partial charge in [-0.2, -0.15) is 0 Å². The van der Waals surface area contributed by atoms with Crippen molar-refractivity contribution in [2.24, 2.45) is 39.4 Å². The summed E-state index contributed by atoms with van der Waals surface area (Å²) in [6.45, 7) is 1.54. The van der Waals surface area contributed by atoms with E-state index in [1.807, 2.05) is 0 Å². The minimum atomic E-state index is -1.64. The van der Waals surface area contributed by atoms with Gasteiger partial charge in [-0.15, -0.1) is 0 Å². The van der Waals surface area contributed by atoms with Gasteiger partial charge in [0, 0.05) is 30.6 Å². The highest BCUT2D eigenvalue weighted by Gasteiger charge is 2.63. The molecule has 2 aliphatic rings. The fourth-order valence-electron chi connectivity index (χ4n) is 8.52. The van der Waals surface area contributed by atoms with Crippen molar-refractivity contribution in [2.75, 3.05) is 52.9 Å². The fraction of sp³-hybridized carbons (Fsp3) is 0.625. The molecule has 3 rings (SSSR count). The molecule has 76 heavy (non-hydrogen) atoms. The molecular weight excluding hydrogens is 1010 g/mol. The van der Waals surface area contributed by atoms with E-state index in [9.17, 15) is 53.4 Å². The molecular formula is C48H79ClN16O11. The van der Waals surface area contributed by atoms with Gasteiger partial charge in [0.05, 0.1) is 18.7 Å². The number of carboxylic acid groups (broad SMARTS) is 1. The molecule has 9 atom stereocenters. The summed E-state index contributed by atoms with van der Waals surface area (Å²) in [5.41, 5.74) is 32.3. The molecule has 0 aromatic heterocycles. The number of hydrogen-bond donors (Lipinski definition) is 16. The quantitative estimate of drug-likeness (QED) is 0.0134. The van der Waals surface area contributed by atoms with Crippen molar-refractivity contribution in [3.63, 3.8) is 0 Å². The summed E-state index contributed by atoms with van der Waals surface area (Å²) in [6, 6.07) is -0.785. The number of benzene rings is 1. The summed E-state index contributed by atoms with van der Waals surface area (Å²) in [5, 5.41) is 41.5.